The normalized spacial score (nSPS) is 16.6. The molecule has 2 N–H and O–H groups in total. The van der Waals surface area contributed by atoms with Gasteiger partial charge in [0.15, 0.2) is 0 Å². The van der Waals surface area contributed by atoms with E-state index in [1.165, 1.54) is 0 Å². The molecule has 5 nitrogen and oxygen atoms in total. The van der Waals surface area contributed by atoms with Crippen molar-refractivity contribution in [3.8, 4) is 0 Å². The third-order valence-electron chi connectivity index (χ3n) is 3.29. The van der Waals surface area contributed by atoms with Gasteiger partial charge in [0, 0.05) is 24.7 Å². The first-order valence-corrected chi connectivity index (χ1v) is 6.10. The molecule has 1 aliphatic rings. The van der Waals surface area contributed by atoms with Gasteiger partial charge in [-0.1, -0.05) is 6.07 Å². The first-order chi connectivity index (χ1) is 8.58. The second-order valence-electron chi connectivity index (χ2n) is 4.63. The average molecular weight is 247 g/mol. The molecular formula is C13H17N3O2. The van der Waals surface area contributed by atoms with E-state index in [0.29, 0.717) is 31.6 Å². The van der Waals surface area contributed by atoms with Crippen LogP contribution in [0, 0.1) is 12.8 Å². The van der Waals surface area contributed by atoms with Crippen LogP contribution in [-0.2, 0) is 4.79 Å². The Hall–Kier alpha value is -1.91. The third-order valence-corrected chi connectivity index (χ3v) is 3.29. The lowest BCUT2D eigenvalue weighted by Crippen LogP contribution is -2.42. The lowest BCUT2D eigenvalue weighted by atomic mass is 9.96. The molecule has 2 heterocycles. The molecule has 0 unspecified atom stereocenters. The zero-order valence-electron chi connectivity index (χ0n) is 10.4. The maximum atomic E-state index is 12.2. The van der Waals surface area contributed by atoms with E-state index in [-0.39, 0.29) is 17.7 Å². The quantitative estimate of drug-likeness (QED) is 0.837. The van der Waals surface area contributed by atoms with Crippen molar-refractivity contribution in [3.63, 3.8) is 0 Å². The highest BCUT2D eigenvalue weighted by atomic mass is 16.2. The number of hydrogen-bond donors (Lipinski definition) is 1. The van der Waals surface area contributed by atoms with Crippen molar-refractivity contribution < 1.29 is 9.59 Å². The van der Waals surface area contributed by atoms with E-state index in [9.17, 15) is 9.59 Å². The Bertz CT molecular complexity index is 465. The van der Waals surface area contributed by atoms with Crippen molar-refractivity contribution in [2.45, 2.75) is 19.8 Å². The summed E-state index contributed by atoms with van der Waals surface area (Å²) in [6, 6.07) is 5.40. The van der Waals surface area contributed by atoms with Gasteiger partial charge in [-0.2, -0.15) is 0 Å². The smallest absolute Gasteiger partial charge is 0.272 e. The topological polar surface area (TPSA) is 76.3 Å². The van der Waals surface area contributed by atoms with Gasteiger partial charge in [0.25, 0.3) is 5.91 Å². The summed E-state index contributed by atoms with van der Waals surface area (Å²) >= 11 is 0. The number of hydrogen-bond acceptors (Lipinski definition) is 3. The molecule has 0 radical (unpaired) electrons. The van der Waals surface area contributed by atoms with Gasteiger partial charge in [-0.15, -0.1) is 0 Å². The van der Waals surface area contributed by atoms with Gasteiger partial charge in [0.1, 0.15) is 5.69 Å². The van der Waals surface area contributed by atoms with E-state index in [4.69, 9.17) is 5.73 Å². The molecule has 1 aromatic rings. The summed E-state index contributed by atoms with van der Waals surface area (Å²) in [5.74, 6) is -0.433. The minimum atomic E-state index is -0.268. The van der Waals surface area contributed by atoms with Crippen LogP contribution in [0.3, 0.4) is 0 Å². The Morgan fingerprint density at radius 1 is 1.33 bits per heavy atom. The van der Waals surface area contributed by atoms with E-state index < -0.39 is 0 Å². The molecule has 2 amide bonds. The molecule has 1 aromatic heterocycles. The van der Waals surface area contributed by atoms with Crippen LogP contribution < -0.4 is 5.73 Å². The summed E-state index contributed by atoms with van der Waals surface area (Å²) in [5.41, 5.74) is 6.56. The zero-order chi connectivity index (χ0) is 13.1. The summed E-state index contributed by atoms with van der Waals surface area (Å²) in [5, 5.41) is 0. The van der Waals surface area contributed by atoms with E-state index >= 15 is 0 Å². The molecule has 0 aliphatic carbocycles. The van der Waals surface area contributed by atoms with Crippen molar-refractivity contribution in [2.75, 3.05) is 13.1 Å². The molecule has 1 aliphatic heterocycles. The first kappa shape index (κ1) is 12.5. The fourth-order valence-corrected chi connectivity index (χ4v) is 2.19. The van der Waals surface area contributed by atoms with Gasteiger partial charge in [0.05, 0.1) is 0 Å². The number of rotatable bonds is 2. The van der Waals surface area contributed by atoms with Crippen LogP contribution in [0.1, 0.15) is 29.0 Å². The van der Waals surface area contributed by atoms with Crippen molar-refractivity contribution in [2.24, 2.45) is 11.7 Å². The Morgan fingerprint density at radius 3 is 2.56 bits per heavy atom. The number of amides is 2. The molecular weight excluding hydrogens is 230 g/mol. The van der Waals surface area contributed by atoms with Gasteiger partial charge in [-0.25, -0.2) is 4.98 Å². The largest absolute Gasteiger partial charge is 0.369 e. The van der Waals surface area contributed by atoms with Crippen molar-refractivity contribution in [1.82, 2.24) is 9.88 Å². The van der Waals surface area contributed by atoms with Crippen LogP contribution in [0.15, 0.2) is 18.2 Å². The monoisotopic (exact) mass is 247 g/mol. The van der Waals surface area contributed by atoms with Crippen LogP contribution in [0.25, 0.3) is 0 Å². The molecule has 2 rings (SSSR count). The van der Waals surface area contributed by atoms with Gasteiger partial charge < -0.3 is 10.6 Å². The number of aromatic nitrogens is 1. The number of carbonyl (C=O) groups is 2. The lowest BCUT2D eigenvalue weighted by molar-refractivity contribution is -0.123. The molecule has 1 saturated heterocycles. The van der Waals surface area contributed by atoms with Gasteiger partial charge in [-0.05, 0) is 31.9 Å². The van der Waals surface area contributed by atoms with E-state index in [0.717, 1.165) is 5.69 Å². The Morgan fingerprint density at radius 2 is 2.00 bits per heavy atom. The van der Waals surface area contributed by atoms with Crippen LogP contribution in [0.5, 0.6) is 0 Å². The van der Waals surface area contributed by atoms with E-state index in [1.54, 1.807) is 11.0 Å². The molecule has 96 valence electrons. The van der Waals surface area contributed by atoms with Crippen LogP contribution in [0.2, 0.25) is 0 Å². The Labute approximate surface area is 106 Å². The molecule has 1 fully saturated rings. The number of nitrogens with zero attached hydrogens (tertiary/aromatic N) is 2. The van der Waals surface area contributed by atoms with Crippen LogP contribution in [0.4, 0.5) is 0 Å². The number of primary amides is 1. The summed E-state index contributed by atoms with van der Waals surface area (Å²) in [4.78, 5) is 29.2. The average Bonchev–Trinajstić information content (AvgIpc) is 2.38. The fourth-order valence-electron chi connectivity index (χ4n) is 2.19. The van der Waals surface area contributed by atoms with Crippen molar-refractivity contribution in [3.05, 3.63) is 29.6 Å². The molecule has 18 heavy (non-hydrogen) atoms. The maximum Gasteiger partial charge on any atom is 0.272 e. The fraction of sp³-hybridized carbons (Fsp3) is 0.462. The van der Waals surface area contributed by atoms with Gasteiger partial charge in [0.2, 0.25) is 5.91 Å². The maximum absolute atomic E-state index is 12.2. The Kier molecular flexibility index (Phi) is 3.60. The van der Waals surface area contributed by atoms with Crippen molar-refractivity contribution >= 4 is 11.8 Å². The van der Waals surface area contributed by atoms with Gasteiger partial charge in [-0.3, -0.25) is 9.59 Å². The number of carbonyl (C=O) groups excluding carboxylic acids is 2. The Balaban J connectivity index is 2.02. The standard InChI is InChI=1S/C13H17N3O2/c1-9-3-2-4-11(15-9)13(18)16-7-5-10(6-8-16)12(14)17/h2-4,10H,5-8H2,1H3,(H2,14,17). The summed E-state index contributed by atoms with van der Waals surface area (Å²) in [6.45, 7) is 3.00. The summed E-state index contributed by atoms with van der Waals surface area (Å²) < 4.78 is 0. The predicted molar refractivity (Wildman–Crippen MR) is 66.8 cm³/mol. The second kappa shape index (κ2) is 5.16. The first-order valence-electron chi connectivity index (χ1n) is 6.10. The number of piperidine rings is 1. The number of aryl methyl sites for hydroxylation is 1. The van der Waals surface area contributed by atoms with E-state index in [1.807, 2.05) is 19.1 Å². The summed E-state index contributed by atoms with van der Waals surface area (Å²) in [7, 11) is 0. The second-order valence-corrected chi connectivity index (χ2v) is 4.63. The van der Waals surface area contributed by atoms with Gasteiger partial charge >= 0.3 is 0 Å². The number of pyridine rings is 1. The zero-order valence-corrected chi connectivity index (χ0v) is 10.4. The minimum absolute atomic E-state index is 0.0679. The molecule has 0 saturated carbocycles. The highest BCUT2D eigenvalue weighted by molar-refractivity contribution is 5.92. The minimum Gasteiger partial charge on any atom is -0.369 e. The highest BCUT2D eigenvalue weighted by Crippen LogP contribution is 2.18. The molecule has 0 bridgehead atoms. The lowest BCUT2D eigenvalue weighted by Gasteiger charge is -2.30. The molecule has 0 spiro atoms. The third kappa shape index (κ3) is 2.67. The number of nitrogens with two attached hydrogens (primary N) is 1. The van der Waals surface area contributed by atoms with Crippen LogP contribution in [-0.4, -0.2) is 34.8 Å². The predicted octanol–water partition coefficient (Wildman–Crippen LogP) is 0.728. The van der Waals surface area contributed by atoms with E-state index in [2.05, 4.69) is 4.98 Å². The SMILES string of the molecule is Cc1cccc(C(=O)N2CCC(C(N)=O)CC2)n1. The van der Waals surface area contributed by atoms with Crippen LogP contribution >= 0.6 is 0 Å². The summed E-state index contributed by atoms with van der Waals surface area (Å²) in [6.07, 6.45) is 1.29. The molecule has 0 aromatic carbocycles. The highest BCUT2D eigenvalue weighted by Gasteiger charge is 2.26. The number of likely N-dealkylation sites (tertiary alicyclic amines) is 1. The molecule has 5 heteroatoms. The van der Waals surface area contributed by atoms with Crippen molar-refractivity contribution in [1.29, 1.82) is 0 Å². The molecule has 0 atom stereocenters.